The zero-order valence-corrected chi connectivity index (χ0v) is 11.3. The Morgan fingerprint density at radius 2 is 2.11 bits per heavy atom. The second kappa shape index (κ2) is 5.64. The van der Waals surface area contributed by atoms with E-state index in [1.54, 1.807) is 12.1 Å². The summed E-state index contributed by atoms with van der Waals surface area (Å²) in [4.78, 5) is 11.1. The van der Waals surface area contributed by atoms with E-state index in [-0.39, 0.29) is 11.8 Å². The van der Waals surface area contributed by atoms with Gasteiger partial charge in [0.15, 0.2) is 0 Å². The van der Waals surface area contributed by atoms with Crippen LogP contribution in [0.15, 0.2) is 24.3 Å². The van der Waals surface area contributed by atoms with E-state index in [4.69, 9.17) is 17.3 Å². The number of amides is 1. The molecule has 100 valence electrons. The fourth-order valence-electron chi connectivity index (χ4n) is 2.26. The van der Waals surface area contributed by atoms with E-state index in [0.29, 0.717) is 30.7 Å². The summed E-state index contributed by atoms with van der Waals surface area (Å²) in [5.41, 5.74) is 5.02. The van der Waals surface area contributed by atoms with Crippen LogP contribution >= 0.6 is 11.6 Å². The molecule has 0 radical (unpaired) electrons. The number of nitrogens with two attached hydrogens (primary N) is 1. The standard InChI is InChI=1S/C15H16ClNO2/c16-13-3-1-2-11(10-13)4-7-15(19)8-5-12(6-9-15)14(17)18/h1-3,10,12,19H,5-6,8-9H2,(H2,17,18). The van der Waals surface area contributed by atoms with Crippen LogP contribution in [0.2, 0.25) is 5.02 Å². The number of hydrogen-bond donors (Lipinski definition) is 2. The van der Waals surface area contributed by atoms with Gasteiger partial charge in [0.1, 0.15) is 5.60 Å². The number of carbonyl (C=O) groups excluding carboxylic acids is 1. The molecule has 1 aromatic carbocycles. The van der Waals surface area contributed by atoms with Crippen molar-refractivity contribution in [2.45, 2.75) is 31.3 Å². The summed E-state index contributed by atoms with van der Waals surface area (Å²) in [7, 11) is 0. The van der Waals surface area contributed by atoms with Gasteiger partial charge < -0.3 is 10.8 Å². The zero-order valence-electron chi connectivity index (χ0n) is 10.5. The van der Waals surface area contributed by atoms with Crippen molar-refractivity contribution in [3.8, 4) is 11.8 Å². The summed E-state index contributed by atoms with van der Waals surface area (Å²) in [5, 5.41) is 11.0. The highest BCUT2D eigenvalue weighted by molar-refractivity contribution is 6.30. The molecular weight excluding hydrogens is 262 g/mol. The maximum absolute atomic E-state index is 11.1. The van der Waals surface area contributed by atoms with Crippen molar-refractivity contribution < 1.29 is 9.90 Å². The topological polar surface area (TPSA) is 63.3 Å². The predicted molar refractivity (Wildman–Crippen MR) is 74.4 cm³/mol. The van der Waals surface area contributed by atoms with Crippen LogP contribution in [-0.2, 0) is 4.79 Å². The van der Waals surface area contributed by atoms with Crippen molar-refractivity contribution in [1.29, 1.82) is 0 Å². The summed E-state index contributed by atoms with van der Waals surface area (Å²) in [5.74, 6) is 5.42. The summed E-state index contributed by atoms with van der Waals surface area (Å²) in [6, 6.07) is 7.20. The summed E-state index contributed by atoms with van der Waals surface area (Å²) in [6.07, 6.45) is 2.15. The molecule has 1 aliphatic carbocycles. The molecule has 0 spiro atoms. The first kappa shape index (κ1) is 13.9. The Labute approximate surface area is 117 Å². The van der Waals surface area contributed by atoms with Crippen molar-refractivity contribution in [1.82, 2.24) is 0 Å². The predicted octanol–water partition coefficient (Wildman–Crippen LogP) is 2.10. The van der Waals surface area contributed by atoms with Gasteiger partial charge in [-0.2, -0.15) is 0 Å². The number of rotatable bonds is 1. The lowest BCUT2D eigenvalue weighted by Gasteiger charge is -2.30. The van der Waals surface area contributed by atoms with Crippen molar-refractivity contribution in [3.05, 3.63) is 34.9 Å². The third kappa shape index (κ3) is 3.73. The van der Waals surface area contributed by atoms with Gasteiger partial charge in [-0.25, -0.2) is 0 Å². The van der Waals surface area contributed by atoms with Crippen molar-refractivity contribution in [2.24, 2.45) is 11.7 Å². The molecule has 3 N–H and O–H groups in total. The molecule has 0 bridgehead atoms. The number of carbonyl (C=O) groups is 1. The van der Waals surface area contributed by atoms with E-state index in [9.17, 15) is 9.90 Å². The number of primary amides is 1. The minimum Gasteiger partial charge on any atom is -0.378 e. The van der Waals surface area contributed by atoms with Crippen molar-refractivity contribution in [3.63, 3.8) is 0 Å². The number of hydrogen-bond acceptors (Lipinski definition) is 2. The lowest BCUT2D eigenvalue weighted by Crippen LogP contribution is -2.36. The van der Waals surface area contributed by atoms with Gasteiger partial charge in [-0.3, -0.25) is 4.79 Å². The highest BCUT2D eigenvalue weighted by Crippen LogP contribution is 2.31. The Hall–Kier alpha value is -1.50. The highest BCUT2D eigenvalue weighted by Gasteiger charge is 2.33. The highest BCUT2D eigenvalue weighted by atomic mass is 35.5. The van der Waals surface area contributed by atoms with Gasteiger partial charge in [-0.15, -0.1) is 0 Å². The second-order valence-electron chi connectivity index (χ2n) is 4.97. The first-order valence-electron chi connectivity index (χ1n) is 6.29. The fourth-order valence-corrected chi connectivity index (χ4v) is 2.45. The molecular formula is C15H16ClNO2. The first-order valence-corrected chi connectivity index (χ1v) is 6.67. The van der Waals surface area contributed by atoms with Crippen LogP contribution in [0, 0.1) is 17.8 Å². The van der Waals surface area contributed by atoms with Gasteiger partial charge in [-0.05, 0) is 43.9 Å². The van der Waals surface area contributed by atoms with Crippen LogP contribution in [0.1, 0.15) is 31.2 Å². The molecule has 3 nitrogen and oxygen atoms in total. The minimum absolute atomic E-state index is 0.131. The molecule has 0 heterocycles. The second-order valence-corrected chi connectivity index (χ2v) is 5.41. The molecule has 1 aromatic rings. The van der Waals surface area contributed by atoms with Gasteiger partial charge >= 0.3 is 0 Å². The molecule has 0 unspecified atom stereocenters. The molecule has 19 heavy (non-hydrogen) atoms. The Kier molecular flexibility index (Phi) is 4.14. The van der Waals surface area contributed by atoms with E-state index in [1.165, 1.54) is 0 Å². The van der Waals surface area contributed by atoms with Crippen LogP contribution in [0.5, 0.6) is 0 Å². The Morgan fingerprint density at radius 1 is 1.42 bits per heavy atom. The van der Waals surface area contributed by atoms with Gasteiger partial charge in [0.2, 0.25) is 5.91 Å². The van der Waals surface area contributed by atoms with Gasteiger partial charge in [-0.1, -0.05) is 29.5 Å². The van der Waals surface area contributed by atoms with Crippen LogP contribution in [0.4, 0.5) is 0 Å². The van der Waals surface area contributed by atoms with E-state index < -0.39 is 5.60 Å². The van der Waals surface area contributed by atoms with E-state index in [1.807, 2.05) is 12.1 Å². The Bertz CT molecular complexity index is 537. The van der Waals surface area contributed by atoms with Crippen LogP contribution in [0.3, 0.4) is 0 Å². The quantitative estimate of drug-likeness (QED) is 0.772. The summed E-state index contributed by atoms with van der Waals surface area (Å²) < 4.78 is 0. The minimum atomic E-state index is -1.02. The average molecular weight is 278 g/mol. The van der Waals surface area contributed by atoms with E-state index in [0.717, 1.165) is 5.56 Å². The monoisotopic (exact) mass is 277 g/mol. The average Bonchev–Trinajstić information content (AvgIpc) is 2.37. The number of halogens is 1. The lowest BCUT2D eigenvalue weighted by atomic mass is 9.79. The first-order chi connectivity index (χ1) is 8.98. The number of benzene rings is 1. The maximum Gasteiger partial charge on any atom is 0.220 e. The van der Waals surface area contributed by atoms with Crippen molar-refractivity contribution in [2.75, 3.05) is 0 Å². The van der Waals surface area contributed by atoms with Crippen LogP contribution < -0.4 is 5.73 Å². The smallest absolute Gasteiger partial charge is 0.220 e. The van der Waals surface area contributed by atoms with Gasteiger partial charge in [0, 0.05) is 16.5 Å². The van der Waals surface area contributed by atoms with Crippen LogP contribution in [0.25, 0.3) is 0 Å². The summed E-state index contributed by atoms with van der Waals surface area (Å²) in [6.45, 7) is 0. The number of aliphatic hydroxyl groups is 1. The Balaban J connectivity index is 2.06. The molecule has 1 saturated carbocycles. The largest absolute Gasteiger partial charge is 0.378 e. The third-order valence-electron chi connectivity index (χ3n) is 3.48. The Morgan fingerprint density at radius 3 is 2.68 bits per heavy atom. The summed E-state index contributed by atoms with van der Waals surface area (Å²) >= 11 is 5.87. The normalized spacial score (nSPS) is 26.3. The molecule has 1 aliphatic rings. The molecule has 1 amide bonds. The molecule has 0 saturated heterocycles. The zero-order chi connectivity index (χ0) is 13.9. The lowest BCUT2D eigenvalue weighted by molar-refractivity contribution is -0.123. The van der Waals surface area contributed by atoms with Gasteiger partial charge in [0.25, 0.3) is 0 Å². The molecule has 1 fully saturated rings. The van der Waals surface area contributed by atoms with Crippen LogP contribution in [-0.4, -0.2) is 16.6 Å². The van der Waals surface area contributed by atoms with Gasteiger partial charge in [0.05, 0.1) is 0 Å². The molecule has 2 rings (SSSR count). The third-order valence-corrected chi connectivity index (χ3v) is 3.71. The fraction of sp³-hybridized carbons (Fsp3) is 0.400. The van der Waals surface area contributed by atoms with Crippen molar-refractivity contribution >= 4 is 17.5 Å². The molecule has 4 heteroatoms. The molecule has 0 atom stereocenters. The van der Waals surface area contributed by atoms with E-state index in [2.05, 4.69) is 11.8 Å². The maximum atomic E-state index is 11.1. The molecule has 0 aromatic heterocycles. The van der Waals surface area contributed by atoms with E-state index >= 15 is 0 Å². The SMILES string of the molecule is NC(=O)C1CCC(O)(C#Cc2cccc(Cl)c2)CC1. The molecule has 0 aliphatic heterocycles.